The number of carbonyl (C=O) groups excluding carboxylic acids is 2. The topological polar surface area (TPSA) is 46.6 Å². The molecule has 0 aliphatic heterocycles. The van der Waals surface area contributed by atoms with Crippen LogP contribution in [0.15, 0.2) is 34.8 Å². The van der Waals surface area contributed by atoms with Crippen molar-refractivity contribution in [3.63, 3.8) is 0 Å². The molecule has 0 saturated carbocycles. The number of carbonyl (C=O) groups is 2. The highest BCUT2D eigenvalue weighted by Crippen LogP contribution is 2.17. The Bertz CT molecular complexity index is 485. The van der Waals surface area contributed by atoms with E-state index in [0.29, 0.717) is 6.61 Å². The van der Waals surface area contributed by atoms with E-state index in [1.807, 2.05) is 24.3 Å². The summed E-state index contributed by atoms with van der Waals surface area (Å²) in [5.41, 5.74) is 0.903. The molecule has 1 rings (SSSR count). The van der Waals surface area contributed by atoms with Crippen LogP contribution in [-0.2, 0) is 14.3 Å². The maximum Gasteiger partial charge on any atom is 0.325 e. The predicted molar refractivity (Wildman–Crippen MR) is 77.4 cm³/mol. The summed E-state index contributed by atoms with van der Waals surface area (Å²) in [6, 6.07) is 7.57. The highest BCUT2D eigenvalue weighted by Gasteiger charge is 2.10. The molecule has 0 fully saturated rings. The van der Waals surface area contributed by atoms with E-state index < -0.39 is 5.97 Å². The Hall–Kier alpha value is -1.62. The summed E-state index contributed by atoms with van der Waals surface area (Å²) < 4.78 is 5.69. The molecule has 0 saturated heterocycles. The first-order valence-electron chi connectivity index (χ1n) is 5.88. The monoisotopic (exact) mass is 325 g/mol. The average molecular weight is 326 g/mol. The van der Waals surface area contributed by atoms with Crippen molar-refractivity contribution < 1.29 is 14.3 Å². The van der Waals surface area contributed by atoms with E-state index in [1.165, 1.54) is 11.0 Å². The molecule has 1 amide bonds. The van der Waals surface area contributed by atoms with Gasteiger partial charge in [0.25, 0.3) is 0 Å². The van der Waals surface area contributed by atoms with Gasteiger partial charge in [-0.2, -0.15) is 0 Å². The fourth-order valence-corrected chi connectivity index (χ4v) is 1.79. The van der Waals surface area contributed by atoms with Gasteiger partial charge in [0.05, 0.1) is 6.61 Å². The Morgan fingerprint density at radius 3 is 2.68 bits per heavy atom. The Kier molecular flexibility index (Phi) is 6.29. The number of amides is 1. The summed E-state index contributed by atoms with van der Waals surface area (Å²) in [6.07, 6.45) is 3.13. The van der Waals surface area contributed by atoms with Crippen LogP contribution in [0.3, 0.4) is 0 Å². The van der Waals surface area contributed by atoms with E-state index in [0.717, 1.165) is 10.0 Å². The lowest BCUT2D eigenvalue weighted by Gasteiger charge is -2.13. The SMILES string of the molecule is CCOC(=O)CN(C)C(=O)C=Cc1ccccc1Br. The zero-order valence-corrected chi connectivity index (χ0v) is 12.5. The number of benzene rings is 1. The van der Waals surface area contributed by atoms with Crippen molar-refractivity contribution in [2.75, 3.05) is 20.2 Å². The molecular formula is C14H16BrNO3. The molecule has 0 heterocycles. The number of halogens is 1. The van der Waals surface area contributed by atoms with Crippen LogP contribution in [0.2, 0.25) is 0 Å². The maximum atomic E-state index is 11.8. The molecule has 0 atom stereocenters. The lowest BCUT2D eigenvalue weighted by atomic mass is 10.2. The van der Waals surface area contributed by atoms with Gasteiger partial charge in [0.2, 0.25) is 5.91 Å². The fourth-order valence-electron chi connectivity index (χ4n) is 1.38. The standard InChI is InChI=1S/C14H16BrNO3/c1-3-19-14(18)10-16(2)13(17)9-8-11-6-4-5-7-12(11)15/h4-9H,3,10H2,1-2H3. The van der Waals surface area contributed by atoms with Crippen LogP contribution >= 0.6 is 15.9 Å². The maximum absolute atomic E-state index is 11.8. The van der Waals surface area contributed by atoms with Crippen LogP contribution in [0.25, 0.3) is 6.08 Å². The van der Waals surface area contributed by atoms with Gasteiger partial charge >= 0.3 is 5.97 Å². The summed E-state index contributed by atoms with van der Waals surface area (Å²) >= 11 is 3.39. The van der Waals surface area contributed by atoms with Gasteiger partial charge in [-0.3, -0.25) is 9.59 Å². The number of rotatable bonds is 5. The minimum atomic E-state index is -0.410. The Balaban J connectivity index is 2.59. The summed E-state index contributed by atoms with van der Waals surface area (Å²) in [5.74, 6) is -0.656. The average Bonchev–Trinajstić information content (AvgIpc) is 2.37. The minimum Gasteiger partial charge on any atom is -0.465 e. The molecule has 5 heteroatoms. The summed E-state index contributed by atoms with van der Waals surface area (Å²) in [5, 5.41) is 0. The number of likely N-dealkylation sites (N-methyl/N-ethyl adjacent to an activating group) is 1. The lowest BCUT2D eigenvalue weighted by Crippen LogP contribution is -2.31. The third kappa shape index (κ3) is 5.26. The molecule has 1 aromatic carbocycles. The van der Waals surface area contributed by atoms with E-state index in [4.69, 9.17) is 4.74 Å². The fraction of sp³-hybridized carbons (Fsp3) is 0.286. The normalized spacial score (nSPS) is 10.5. The van der Waals surface area contributed by atoms with E-state index in [2.05, 4.69) is 15.9 Å². The van der Waals surface area contributed by atoms with Gasteiger partial charge in [0.1, 0.15) is 6.54 Å². The van der Waals surface area contributed by atoms with Gasteiger partial charge in [0, 0.05) is 17.6 Å². The zero-order valence-electron chi connectivity index (χ0n) is 10.9. The van der Waals surface area contributed by atoms with Crippen molar-refractivity contribution >= 4 is 33.9 Å². The molecule has 0 N–H and O–H groups in total. The van der Waals surface area contributed by atoms with Crippen molar-refractivity contribution in [3.05, 3.63) is 40.4 Å². The highest BCUT2D eigenvalue weighted by molar-refractivity contribution is 9.10. The first-order valence-corrected chi connectivity index (χ1v) is 6.67. The first-order chi connectivity index (χ1) is 9.04. The van der Waals surface area contributed by atoms with Gasteiger partial charge in [0.15, 0.2) is 0 Å². The summed E-state index contributed by atoms with van der Waals surface area (Å²) in [6.45, 7) is 1.99. The Labute approximate surface area is 121 Å². The summed E-state index contributed by atoms with van der Waals surface area (Å²) in [4.78, 5) is 24.3. The van der Waals surface area contributed by atoms with Crippen molar-refractivity contribution in [1.82, 2.24) is 4.90 Å². The van der Waals surface area contributed by atoms with Gasteiger partial charge in [-0.1, -0.05) is 34.1 Å². The smallest absolute Gasteiger partial charge is 0.325 e. The van der Waals surface area contributed by atoms with Crippen molar-refractivity contribution in [2.24, 2.45) is 0 Å². The lowest BCUT2D eigenvalue weighted by molar-refractivity contribution is -0.146. The molecule has 0 spiro atoms. The molecule has 1 aromatic rings. The summed E-state index contributed by atoms with van der Waals surface area (Å²) in [7, 11) is 1.56. The number of hydrogen-bond donors (Lipinski definition) is 0. The Morgan fingerprint density at radius 1 is 1.37 bits per heavy atom. The minimum absolute atomic E-state index is 0.0486. The second kappa shape index (κ2) is 7.74. The molecular weight excluding hydrogens is 310 g/mol. The molecule has 102 valence electrons. The van der Waals surface area contributed by atoms with Gasteiger partial charge in [-0.25, -0.2) is 0 Å². The number of esters is 1. The molecule has 0 aliphatic carbocycles. The Morgan fingerprint density at radius 2 is 2.05 bits per heavy atom. The largest absolute Gasteiger partial charge is 0.465 e. The number of ether oxygens (including phenoxy) is 1. The number of hydrogen-bond acceptors (Lipinski definition) is 3. The van der Waals surface area contributed by atoms with Crippen LogP contribution in [0.1, 0.15) is 12.5 Å². The molecule has 0 aromatic heterocycles. The molecule has 4 nitrogen and oxygen atoms in total. The van der Waals surface area contributed by atoms with Crippen LogP contribution in [-0.4, -0.2) is 37.0 Å². The number of nitrogens with zero attached hydrogens (tertiary/aromatic N) is 1. The van der Waals surface area contributed by atoms with Gasteiger partial charge < -0.3 is 9.64 Å². The highest BCUT2D eigenvalue weighted by atomic mass is 79.9. The molecule has 0 radical (unpaired) electrons. The zero-order chi connectivity index (χ0) is 14.3. The van der Waals surface area contributed by atoms with Crippen LogP contribution < -0.4 is 0 Å². The second-order valence-electron chi connectivity index (χ2n) is 3.85. The third-order valence-corrected chi connectivity index (χ3v) is 3.08. The van der Waals surface area contributed by atoms with Crippen molar-refractivity contribution in [2.45, 2.75) is 6.92 Å². The van der Waals surface area contributed by atoms with Gasteiger partial charge in [-0.05, 0) is 24.6 Å². The van der Waals surface area contributed by atoms with E-state index >= 15 is 0 Å². The first kappa shape index (κ1) is 15.4. The molecule has 0 aliphatic rings. The van der Waals surface area contributed by atoms with Crippen LogP contribution in [0.5, 0.6) is 0 Å². The van der Waals surface area contributed by atoms with Crippen molar-refractivity contribution in [3.8, 4) is 0 Å². The predicted octanol–water partition coefficient (Wildman–Crippen LogP) is 2.48. The van der Waals surface area contributed by atoms with E-state index in [-0.39, 0.29) is 12.5 Å². The quantitative estimate of drug-likeness (QED) is 0.617. The van der Waals surface area contributed by atoms with Crippen LogP contribution in [0, 0.1) is 0 Å². The van der Waals surface area contributed by atoms with E-state index in [1.54, 1.807) is 20.0 Å². The molecule has 0 bridgehead atoms. The van der Waals surface area contributed by atoms with E-state index in [9.17, 15) is 9.59 Å². The van der Waals surface area contributed by atoms with Crippen molar-refractivity contribution in [1.29, 1.82) is 0 Å². The van der Waals surface area contributed by atoms with Crippen LogP contribution in [0.4, 0.5) is 0 Å². The van der Waals surface area contributed by atoms with Gasteiger partial charge in [-0.15, -0.1) is 0 Å². The third-order valence-electron chi connectivity index (χ3n) is 2.36. The second-order valence-corrected chi connectivity index (χ2v) is 4.71. The molecule has 0 unspecified atom stereocenters. The molecule has 19 heavy (non-hydrogen) atoms.